The van der Waals surface area contributed by atoms with Gasteiger partial charge in [0, 0.05) is 45.8 Å². The second-order valence-corrected chi connectivity index (χ2v) is 13.0. The number of hydrogen-bond donors (Lipinski definition) is 0. The van der Waals surface area contributed by atoms with Crippen LogP contribution in [0, 0.1) is 37.5 Å². The van der Waals surface area contributed by atoms with Crippen LogP contribution in [-0.2, 0) is 49.5 Å². The molecule has 0 saturated heterocycles. The van der Waals surface area contributed by atoms with E-state index in [1.54, 1.807) is 0 Å². The van der Waals surface area contributed by atoms with Crippen molar-refractivity contribution >= 4 is 20.3 Å². The van der Waals surface area contributed by atoms with E-state index in [9.17, 15) is 0 Å². The van der Waals surface area contributed by atoms with Crippen LogP contribution < -0.4 is 5.30 Å². The van der Waals surface area contributed by atoms with Gasteiger partial charge in [-0.3, -0.25) is 11.8 Å². The fourth-order valence-corrected chi connectivity index (χ4v) is 8.27. The Morgan fingerprint density at radius 1 is 0.884 bits per heavy atom. The number of ether oxygens (including phenoxy) is 1. The second kappa shape index (κ2) is 15.0. The molecule has 3 aliphatic carbocycles. The minimum absolute atomic E-state index is 0. The standard InChI is InChI=1S/C27H26NOP.C12H20.Ir/c30-23-11-5-9-20-13-15-27(25(20)23)14-12-19-8-4-10-22(24(19)27)26-28-21(17-29-26)16-18-6-2-1-3-7-18;1-3-11-7-5-6-8-12(4-2)10-9-11;/h1-11,21H,12-17,30H2;3-4,7-8,11-12H,5-6,9-10H2,1-2H3;/q;-4;/p+1/t21-,27-;;/m0../s1/i30D2;;. The van der Waals surface area contributed by atoms with Crippen LogP contribution >= 0.6 is 9.13 Å². The van der Waals surface area contributed by atoms with Gasteiger partial charge in [0.05, 0.1) is 11.3 Å². The minimum Gasteiger partial charge on any atom is -0.475 e. The van der Waals surface area contributed by atoms with Crippen LogP contribution in [0.2, 0.25) is 0 Å². The number of nitrogens with zero attached hydrogens (tertiary/aromatic N) is 1. The average Bonchev–Trinajstić information content (AvgIpc) is 3.76. The van der Waals surface area contributed by atoms with E-state index in [1.165, 1.54) is 53.5 Å². The maximum absolute atomic E-state index is 8.29. The molecule has 3 aromatic carbocycles. The summed E-state index contributed by atoms with van der Waals surface area (Å²) in [6, 6.07) is 23.5. The van der Waals surface area contributed by atoms with Crippen molar-refractivity contribution in [3.8, 4) is 0 Å². The zero-order valence-corrected chi connectivity index (χ0v) is 29.0. The minimum atomic E-state index is -2.04. The van der Waals surface area contributed by atoms with E-state index in [4.69, 9.17) is 12.3 Å². The molecule has 1 aliphatic heterocycles. The van der Waals surface area contributed by atoms with Gasteiger partial charge in [-0.2, -0.15) is 13.8 Å². The molecule has 2 unspecified atom stereocenters. The van der Waals surface area contributed by atoms with Crippen molar-refractivity contribution in [2.45, 2.75) is 83.1 Å². The normalized spacial score (nSPS) is 26.5. The third-order valence-corrected chi connectivity index (χ3v) is 10.4. The van der Waals surface area contributed by atoms with Crippen molar-refractivity contribution in [2.24, 2.45) is 16.8 Å². The summed E-state index contributed by atoms with van der Waals surface area (Å²) >= 11 is 0. The molecule has 1 heterocycles. The van der Waals surface area contributed by atoms with Crippen LogP contribution in [-0.4, -0.2) is 21.1 Å². The molecule has 4 atom stereocenters. The van der Waals surface area contributed by atoms with E-state index in [0.29, 0.717) is 6.61 Å². The number of aliphatic imine (C=N–C) groups is 1. The molecule has 0 amide bonds. The third-order valence-electron chi connectivity index (χ3n) is 9.95. The van der Waals surface area contributed by atoms with E-state index in [2.05, 4.69) is 88.1 Å². The molecule has 1 fully saturated rings. The Balaban J connectivity index is 0.000000262. The van der Waals surface area contributed by atoms with Crippen LogP contribution in [0.25, 0.3) is 0 Å². The van der Waals surface area contributed by atoms with Gasteiger partial charge in [0.1, 0.15) is 6.61 Å². The van der Waals surface area contributed by atoms with Crippen LogP contribution in [0.3, 0.4) is 0 Å². The quantitative estimate of drug-likeness (QED) is 0.183. The van der Waals surface area contributed by atoms with Crippen molar-refractivity contribution in [3.63, 3.8) is 0 Å². The number of fused-ring (bicyclic) bond motifs is 4. The first kappa shape index (κ1) is 29.9. The van der Waals surface area contributed by atoms with E-state index in [1.807, 2.05) is 18.2 Å². The van der Waals surface area contributed by atoms with Crippen molar-refractivity contribution < 1.29 is 24.8 Å². The maximum atomic E-state index is 8.29. The predicted molar refractivity (Wildman–Crippen MR) is 181 cm³/mol. The van der Waals surface area contributed by atoms with E-state index < -0.39 is 9.13 Å². The number of benzene rings is 3. The fraction of sp³-hybridized carbons (Fsp3) is 0.410. The molecule has 231 valence electrons. The smallest absolute Gasteiger partial charge is 0.269 e. The van der Waals surface area contributed by atoms with E-state index >= 15 is 0 Å². The molecule has 4 heteroatoms. The van der Waals surface area contributed by atoms with Crippen molar-refractivity contribution in [1.82, 2.24) is 0 Å². The monoisotopic (exact) mass is 771 g/mol. The van der Waals surface area contributed by atoms with Gasteiger partial charge in [0.15, 0.2) is 0 Å². The molecule has 0 bridgehead atoms. The van der Waals surface area contributed by atoms with E-state index in [0.717, 1.165) is 60.7 Å². The summed E-state index contributed by atoms with van der Waals surface area (Å²) in [5.41, 5.74) is 7.67. The molecular formula is C39H47IrNOP-3. The fourth-order valence-electron chi connectivity index (χ4n) is 7.77. The van der Waals surface area contributed by atoms with Gasteiger partial charge in [-0.05, 0) is 66.5 Å². The number of hydrogen-bond acceptors (Lipinski definition) is 2. The Morgan fingerprint density at radius 2 is 1.53 bits per heavy atom. The van der Waals surface area contributed by atoms with E-state index in [-0.39, 0.29) is 31.6 Å². The summed E-state index contributed by atoms with van der Waals surface area (Å²) in [5, 5.41) is 0.962. The molecule has 0 N–H and O–H groups in total. The SMILES string of the molecule is C[CH-]C1[CH-]CC[CH-]C([CH-]C)CC1.[2H][PH+]([2H])c1cccc2c1[C@@]1(CCc3cccc(C4=N[C@@H](Cc5ccccc5)CO4)c31)CC2.[Ir]. The molecule has 2 nitrogen and oxygen atoms in total. The summed E-state index contributed by atoms with van der Waals surface area (Å²) in [5.74, 6) is 2.31. The Hall–Kier alpha value is -1.79. The largest absolute Gasteiger partial charge is 0.475 e. The van der Waals surface area contributed by atoms with Gasteiger partial charge in [0.2, 0.25) is 5.90 Å². The van der Waals surface area contributed by atoms with Gasteiger partial charge in [-0.25, -0.2) is 17.8 Å². The average molecular weight is 771 g/mol. The van der Waals surface area contributed by atoms with Crippen LogP contribution in [0.4, 0.5) is 0 Å². The molecule has 1 saturated carbocycles. The first-order chi connectivity index (χ1) is 21.5. The number of aryl methyl sites for hydroxylation is 2. The molecule has 7 rings (SSSR count). The molecular weight excluding hydrogens is 722 g/mol. The number of rotatable bonds is 6. The molecule has 3 aromatic rings. The topological polar surface area (TPSA) is 21.6 Å². The van der Waals surface area contributed by atoms with Gasteiger partial charge in [0.25, 0.3) is 2.56 Å². The zero-order chi connectivity index (χ0) is 30.5. The predicted octanol–water partition coefficient (Wildman–Crippen LogP) is 8.13. The molecule has 0 aromatic heterocycles. The van der Waals surface area contributed by atoms with Gasteiger partial charge in [-0.1, -0.05) is 54.6 Å². The van der Waals surface area contributed by atoms with Crippen molar-refractivity contribution in [2.75, 3.05) is 6.61 Å². The Labute approximate surface area is 279 Å². The first-order valence-corrected chi connectivity index (χ1v) is 16.6. The van der Waals surface area contributed by atoms with Crippen LogP contribution in [0.1, 0.15) is 85.8 Å². The Morgan fingerprint density at radius 3 is 2.19 bits per heavy atom. The van der Waals surface area contributed by atoms with Gasteiger partial charge >= 0.3 is 0 Å². The Bertz CT molecular complexity index is 1430. The molecule has 43 heavy (non-hydrogen) atoms. The summed E-state index contributed by atoms with van der Waals surface area (Å²) in [4.78, 5) is 5.03. The van der Waals surface area contributed by atoms with Crippen LogP contribution in [0.15, 0.2) is 71.7 Å². The van der Waals surface area contributed by atoms with Crippen molar-refractivity contribution in [3.05, 3.63) is 126 Å². The van der Waals surface area contributed by atoms with Crippen molar-refractivity contribution in [1.29, 1.82) is 2.56 Å². The summed E-state index contributed by atoms with van der Waals surface area (Å²) in [6.45, 7) is 4.98. The third kappa shape index (κ3) is 7.06. The zero-order valence-electron chi connectivity index (χ0n) is 27.7. The van der Waals surface area contributed by atoms with Gasteiger partial charge < -0.3 is 30.4 Å². The molecule has 1 radical (unpaired) electrons. The summed E-state index contributed by atoms with van der Waals surface area (Å²) in [6.07, 6.45) is 19.8. The maximum Gasteiger partial charge on any atom is 0.269 e. The molecule has 4 aliphatic rings. The summed E-state index contributed by atoms with van der Waals surface area (Å²) < 4.78 is 22.8. The Kier molecular flexibility index (Phi) is 10.4. The van der Waals surface area contributed by atoms with Crippen LogP contribution in [0.5, 0.6) is 0 Å². The van der Waals surface area contributed by atoms with Gasteiger partial charge in [-0.15, -0.1) is 12.8 Å². The second-order valence-electron chi connectivity index (χ2n) is 12.5. The molecule has 1 spiro atoms. The summed E-state index contributed by atoms with van der Waals surface area (Å²) in [7, 11) is -2.04. The first-order valence-electron chi connectivity index (χ1n) is 17.1.